The maximum atomic E-state index is 13.7. The van der Waals surface area contributed by atoms with E-state index >= 15 is 0 Å². The summed E-state index contributed by atoms with van der Waals surface area (Å²) < 4.78 is 47.5. The van der Waals surface area contributed by atoms with Crippen molar-refractivity contribution in [2.45, 2.75) is 51.3 Å². The van der Waals surface area contributed by atoms with Crippen LogP contribution in [-0.4, -0.2) is 78.7 Å². The van der Waals surface area contributed by atoms with Gasteiger partial charge in [0.15, 0.2) is 23.0 Å². The summed E-state index contributed by atoms with van der Waals surface area (Å²) in [4.78, 5) is 34.6. The predicted molar refractivity (Wildman–Crippen MR) is 131 cm³/mol. The van der Waals surface area contributed by atoms with Crippen molar-refractivity contribution in [1.82, 2.24) is 14.8 Å². The molecule has 2 aliphatic heterocycles. The summed E-state index contributed by atoms with van der Waals surface area (Å²) in [6.45, 7) is 1.40. The Bertz CT molecular complexity index is 1160. The number of likely N-dealkylation sites (tertiary alicyclic amines) is 1. The van der Waals surface area contributed by atoms with Gasteiger partial charge in [0.25, 0.3) is 5.91 Å². The van der Waals surface area contributed by atoms with Crippen molar-refractivity contribution < 1.29 is 37.0 Å². The molecular weight excluding hydrogens is 502 g/mol. The van der Waals surface area contributed by atoms with Crippen molar-refractivity contribution in [3.05, 3.63) is 29.7 Å². The molecule has 0 spiro atoms. The molecule has 2 saturated heterocycles. The number of alkyl halides is 2. The Kier molecular flexibility index (Phi) is 7.80. The highest BCUT2D eigenvalue weighted by atomic mass is 19.3. The number of oxazole rings is 1. The van der Waals surface area contributed by atoms with Crippen LogP contribution in [0.25, 0.3) is 11.5 Å². The van der Waals surface area contributed by atoms with E-state index in [1.807, 2.05) is 0 Å². The summed E-state index contributed by atoms with van der Waals surface area (Å²) in [6, 6.07) is 3.13. The van der Waals surface area contributed by atoms with Crippen LogP contribution < -0.4 is 15.2 Å². The Morgan fingerprint density at radius 3 is 2.61 bits per heavy atom. The number of morpholine rings is 1. The predicted octanol–water partition coefficient (Wildman–Crippen LogP) is 3.21. The molecule has 10 nitrogen and oxygen atoms in total. The maximum Gasteiger partial charge on any atom is 0.387 e. The first-order chi connectivity index (χ1) is 18.3. The molecule has 1 aromatic heterocycles. The zero-order valence-corrected chi connectivity index (χ0v) is 21.2. The average Bonchev–Trinajstić information content (AvgIpc) is 3.42. The smallest absolute Gasteiger partial charge is 0.387 e. The van der Waals surface area contributed by atoms with Gasteiger partial charge in [-0.15, -0.1) is 0 Å². The topological polar surface area (TPSA) is 120 Å². The summed E-state index contributed by atoms with van der Waals surface area (Å²) in [5, 5.41) is 0. The zero-order valence-electron chi connectivity index (χ0n) is 21.2. The Labute approximate surface area is 219 Å². The number of carbonyl (C=O) groups is 2. The first-order valence-electron chi connectivity index (χ1n) is 13.0. The highest BCUT2D eigenvalue weighted by molar-refractivity contribution is 5.97. The van der Waals surface area contributed by atoms with Gasteiger partial charge in [-0.05, 0) is 56.7 Å². The van der Waals surface area contributed by atoms with E-state index in [4.69, 9.17) is 19.6 Å². The van der Waals surface area contributed by atoms with Crippen molar-refractivity contribution in [3.8, 4) is 23.0 Å². The number of nitrogens with two attached hydrogens (primary N) is 1. The molecule has 0 bridgehead atoms. The summed E-state index contributed by atoms with van der Waals surface area (Å²) in [5.41, 5.74) is 6.58. The molecule has 12 heteroatoms. The Morgan fingerprint density at radius 1 is 1.16 bits per heavy atom. The van der Waals surface area contributed by atoms with Crippen molar-refractivity contribution >= 4 is 11.8 Å². The van der Waals surface area contributed by atoms with E-state index < -0.39 is 24.6 Å². The van der Waals surface area contributed by atoms with E-state index in [2.05, 4.69) is 9.72 Å². The van der Waals surface area contributed by atoms with Crippen molar-refractivity contribution in [2.75, 3.05) is 39.5 Å². The standard InChI is InChI=1S/C26H32F2N4O6/c1-15(29)22-21(25(34)32-8-2-3-18(32)24(33)31-9-11-35-12-10-31)30-23(38-22)17-6-7-19(37-26(27)28)20(13-17)36-14-16-4-5-16/h6-7,13,15-16,18,26H,2-5,8-12,14,29H2,1H3/t15-,18?/m0/s1. The van der Waals surface area contributed by atoms with Crippen molar-refractivity contribution in [1.29, 1.82) is 0 Å². The lowest BCUT2D eigenvalue weighted by Crippen LogP contribution is -2.51. The van der Waals surface area contributed by atoms with E-state index in [-0.39, 0.29) is 34.8 Å². The van der Waals surface area contributed by atoms with Crippen molar-refractivity contribution in [2.24, 2.45) is 11.7 Å². The van der Waals surface area contributed by atoms with Gasteiger partial charge in [-0.25, -0.2) is 4.98 Å². The molecule has 1 aromatic carbocycles. The molecule has 1 aliphatic carbocycles. The van der Waals surface area contributed by atoms with Crippen LogP contribution >= 0.6 is 0 Å². The molecule has 3 heterocycles. The molecule has 1 saturated carbocycles. The fourth-order valence-corrected chi connectivity index (χ4v) is 4.75. The van der Waals surface area contributed by atoms with Crippen LogP contribution in [-0.2, 0) is 9.53 Å². The van der Waals surface area contributed by atoms with E-state index in [0.717, 1.165) is 12.8 Å². The van der Waals surface area contributed by atoms with Crippen LogP contribution in [0.4, 0.5) is 8.78 Å². The number of carbonyl (C=O) groups excluding carboxylic acids is 2. The molecule has 1 unspecified atom stereocenters. The van der Waals surface area contributed by atoms with Crippen LogP contribution in [0.1, 0.15) is 54.9 Å². The Balaban J connectivity index is 1.41. The number of nitrogens with zero attached hydrogens (tertiary/aromatic N) is 3. The van der Waals surface area contributed by atoms with Crippen molar-refractivity contribution in [3.63, 3.8) is 0 Å². The van der Waals surface area contributed by atoms with Gasteiger partial charge in [-0.2, -0.15) is 8.78 Å². The van der Waals surface area contributed by atoms with Gasteiger partial charge < -0.3 is 34.2 Å². The molecule has 5 rings (SSSR count). The molecule has 0 radical (unpaired) electrons. The molecule has 206 valence electrons. The van der Waals surface area contributed by atoms with Crippen LogP contribution in [0.3, 0.4) is 0 Å². The van der Waals surface area contributed by atoms with Gasteiger partial charge in [0.05, 0.1) is 25.9 Å². The summed E-state index contributed by atoms with van der Waals surface area (Å²) in [7, 11) is 0. The fourth-order valence-electron chi connectivity index (χ4n) is 4.75. The lowest BCUT2D eigenvalue weighted by atomic mass is 10.1. The minimum atomic E-state index is -3.01. The van der Waals surface area contributed by atoms with Crippen LogP contribution in [0.5, 0.6) is 11.5 Å². The van der Waals surface area contributed by atoms with E-state index in [1.165, 1.54) is 23.1 Å². The lowest BCUT2D eigenvalue weighted by Gasteiger charge is -2.32. The Hall–Kier alpha value is -3.25. The third kappa shape index (κ3) is 5.75. The molecule has 2 amide bonds. The molecule has 38 heavy (non-hydrogen) atoms. The van der Waals surface area contributed by atoms with E-state index in [9.17, 15) is 18.4 Å². The second-order valence-electron chi connectivity index (χ2n) is 9.91. The van der Waals surface area contributed by atoms with Gasteiger partial charge in [-0.3, -0.25) is 9.59 Å². The average molecular weight is 535 g/mol. The third-order valence-electron chi connectivity index (χ3n) is 6.97. The van der Waals surface area contributed by atoms with E-state index in [1.54, 1.807) is 11.8 Å². The number of hydrogen-bond acceptors (Lipinski definition) is 8. The number of benzene rings is 1. The summed E-state index contributed by atoms with van der Waals surface area (Å²) in [5.74, 6) is 0.178. The summed E-state index contributed by atoms with van der Waals surface area (Å²) in [6.07, 6.45) is 3.31. The van der Waals surface area contributed by atoms with Crippen LogP contribution in [0.2, 0.25) is 0 Å². The quantitative estimate of drug-likeness (QED) is 0.521. The number of rotatable bonds is 9. The monoisotopic (exact) mass is 534 g/mol. The molecule has 3 fully saturated rings. The van der Waals surface area contributed by atoms with Gasteiger partial charge >= 0.3 is 6.61 Å². The van der Waals surface area contributed by atoms with Gasteiger partial charge in [0.2, 0.25) is 11.8 Å². The molecule has 2 N–H and O–H groups in total. The minimum Gasteiger partial charge on any atom is -0.489 e. The first kappa shape index (κ1) is 26.4. The number of amides is 2. The number of aromatic nitrogens is 1. The fraction of sp³-hybridized carbons (Fsp3) is 0.577. The van der Waals surface area contributed by atoms with Crippen LogP contribution in [0, 0.1) is 5.92 Å². The highest BCUT2D eigenvalue weighted by Gasteiger charge is 2.39. The SMILES string of the molecule is C[C@H](N)c1oc(-c2ccc(OC(F)F)c(OCC3CC3)c2)nc1C(=O)N1CCCC1C(=O)N1CCOCC1. The van der Waals surface area contributed by atoms with Gasteiger partial charge in [0.1, 0.15) is 6.04 Å². The number of halogens is 2. The van der Waals surface area contributed by atoms with Gasteiger partial charge in [0, 0.05) is 25.2 Å². The second kappa shape index (κ2) is 11.2. The van der Waals surface area contributed by atoms with Crippen LogP contribution in [0.15, 0.2) is 22.6 Å². The zero-order chi connectivity index (χ0) is 26.8. The molecule has 2 aromatic rings. The normalized spacial score (nSPS) is 20.6. The number of hydrogen-bond donors (Lipinski definition) is 1. The Morgan fingerprint density at radius 2 is 1.92 bits per heavy atom. The molecule has 3 aliphatic rings. The molecule has 2 atom stereocenters. The van der Waals surface area contributed by atoms with E-state index in [0.29, 0.717) is 63.8 Å². The summed E-state index contributed by atoms with van der Waals surface area (Å²) >= 11 is 0. The third-order valence-corrected chi connectivity index (χ3v) is 6.97. The lowest BCUT2D eigenvalue weighted by molar-refractivity contribution is -0.139. The largest absolute Gasteiger partial charge is 0.489 e. The molecular formula is C26H32F2N4O6. The first-order valence-corrected chi connectivity index (χ1v) is 13.0. The maximum absolute atomic E-state index is 13.7. The highest BCUT2D eigenvalue weighted by Crippen LogP contribution is 2.37. The van der Waals surface area contributed by atoms with Gasteiger partial charge in [-0.1, -0.05) is 0 Å². The number of ether oxygens (including phenoxy) is 3. The second-order valence-corrected chi connectivity index (χ2v) is 9.91. The minimum absolute atomic E-state index is 0.0324.